The maximum absolute atomic E-state index is 11.6. The Kier molecular flexibility index (Phi) is 2.78. The van der Waals surface area contributed by atoms with E-state index in [9.17, 15) is 9.59 Å². The van der Waals surface area contributed by atoms with Crippen LogP contribution in [0.2, 0.25) is 0 Å². The van der Waals surface area contributed by atoms with Gasteiger partial charge in [0, 0.05) is 6.20 Å². The molecule has 0 saturated heterocycles. The first-order valence-electron chi connectivity index (χ1n) is 4.96. The van der Waals surface area contributed by atoms with Crippen LogP contribution in [0.1, 0.15) is 16.3 Å². The zero-order valence-electron chi connectivity index (χ0n) is 9.21. The third kappa shape index (κ3) is 1.73. The van der Waals surface area contributed by atoms with Crippen molar-refractivity contribution in [1.29, 1.82) is 0 Å². The highest BCUT2D eigenvalue weighted by Crippen LogP contribution is 2.20. The first-order valence-corrected chi connectivity index (χ1v) is 4.96. The number of pyridine rings is 1. The minimum absolute atomic E-state index is 0.113. The molecule has 0 aliphatic heterocycles. The van der Waals surface area contributed by atoms with Crippen LogP contribution in [-0.4, -0.2) is 28.7 Å². The monoisotopic (exact) mass is 233 g/mol. The molecule has 88 valence electrons. The largest absolute Gasteiger partial charge is 0.464 e. The molecule has 0 bridgehead atoms. The molecule has 0 aliphatic rings. The number of rotatable bonds is 3. The van der Waals surface area contributed by atoms with Gasteiger partial charge in [-0.3, -0.25) is 0 Å². The predicted molar refractivity (Wildman–Crippen MR) is 60.7 cm³/mol. The lowest BCUT2D eigenvalue weighted by Gasteiger charge is -2.01. The number of esters is 1. The number of carbonyl (C=O) groups is 2. The standard InChI is InChI=1S/C11H11N3O3/c1-17-11(16)9-10-7(12)3-2-5-14(10)8(13-9)4-6-15/h2-3,5-6H,4,12H2,1H3. The summed E-state index contributed by atoms with van der Waals surface area (Å²) in [5.74, 6) is -0.111. The molecule has 17 heavy (non-hydrogen) atoms. The molecular formula is C11H11N3O3. The molecule has 0 aliphatic carbocycles. The van der Waals surface area contributed by atoms with Gasteiger partial charge in [0.25, 0.3) is 0 Å². The van der Waals surface area contributed by atoms with Crippen LogP contribution in [0.4, 0.5) is 5.69 Å². The zero-order chi connectivity index (χ0) is 12.4. The second-order valence-electron chi connectivity index (χ2n) is 3.42. The lowest BCUT2D eigenvalue weighted by Crippen LogP contribution is -2.03. The van der Waals surface area contributed by atoms with Crippen molar-refractivity contribution < 1.29 is 14.3 Å². The Balaban J connectivity index is 2.75. The van der Waals surface area contributed by atoms with E-state index >= 15 is 0 Å². The highest BCUT2D eigenvalue weighted by atomic mass is 16.5. The molecule has 0 radical (unpaired) electrons. The maximum atomic E-state index is 11.6. The molecule has 0 fully saturated rings. The van der Waals surface area contributed by atoms with Gasteiger partial charge in [0.05, 0.1) is 19.2 Å². The summed E-state index contributed by atoms with van der Waals surface area (Å²) in [4.78, 5) is 26.2. The Morgan fingerprint density at radius 3 is 3.06 bits per heavy atom. The van der Waals surface area contributed by atoms with Gasteiger partial charge in [0.2, 0.25) is 0 Å². The van der Waals surface area contributed by atoms with Gasteiger partial charge in [-0.1, -0.05) is 0 Å². The number of aldehydes is 1. The molecule has 6 heteroatoms. The zero-order valence-corrected chi connectivity index (χ0v) is 9.21. The van der Waals surface area contributed by atoms with Gasteiger partial charge in [-0.25, -0.2) is 9.78 Å². The van der Waals surface area contributed by atoms with Crippen LogP contribution in [0.5, 0.6) is 0 Å². The van der Waals surface area contributed by atoms with Crippen molar-refractivity contribution in [3.8, 4) is 0 Å². The molecule has 6 nitrogen and oxygen atoms in total. The second kappa shape index (κ2) is 4.25. The van der Waals surface area contributed by atoms with E-state index in [1.54, 1.807) is 22.7 Å². The number of nitrogen functional groups attached to an aromatic ring is 1. The number of anilines is 1. The van der Waals surface area contributed by atoms with E-state index in [0.717, 1.165) is 6.29 Å². The molecule has 0 amide bonds. The number of carbonyl (C=O) groups excluding carboxylic acids is 2. The van der Waals surface area contributed by atoms with E-state index in [0.29, 0.717) is 17.0 Å². The average molecular weight is 233 g/mol. The number of hydrogen-bond acceptors (Lipinski definition) is 5. The molecule has 0 atom stereocenters. The number of fused-ring (bicyclic) bond motifs is 1. The van der Waals surface area contributed by atoms with Crippen molar-refractivity contribution in [2.45, 2.75) is 6.42 Å². The highest BCUT2D eigenvalue weighted by molar-refractivity contribution is 5.98. The first-order chi connectivity index (χ1) is 8.19. The fraction of sp³-hybridized carbons (Fsp3) is 0.182. The van der Waals surface area contributed by atoms with Crippen molar-refractivity contribution in [2.75, 3.05) is 12.8 Å². The minimum Gasteiger partial charge on any atom is -0.464 e. The Morgan fingerprint density at radius 1 is 1.65 bits per heavy atom. The second-order valence-corrected chi connectivity index (χ2v) is 3.42. The van der Waals surface area contributed by atoms with Gasteiger partial charge in [0.15, 0.2) is 5.69 Å². The third-order valence-corrected chi connectivity index (χ3v) is 2.41. The molecule has 2 aromatic heterocycles. The van der Waals surface area contributed by atoms with E-state index < -0.39 is 5.97 Å². The summed E-state index contributed by atoms with van der Waals surface area (Å²) in [7, 11) is 1.27. The van der Waals surface area contributed by atoms with E-state index in [2.05, 4.69) is 9.72 Å². The smallest absolute Gasteiger partial charge is 0.359 e. The average Bonchev–Trinajstić information content (AvgIpc) is 2.69. The van der Waals surface area contributed by atoms with Crippen LogP contribution in [0.3, 0.4) is 0 Å². The molecular weight excluding hydrogens is 222 g/mol. The number of imidazole rings is 1. The number of methoxy groups -OCH3 is 1. The summed E-state index contributed by atoms with van der Waals surface area (Å²) in [5, 5.41) is 0. The van der Waals surface area contributed by atoms with Gasteiger partial charge >= 0.3 is 5.97 Å². The van der Waals surface area contributed by atoms with Crippen molar-refractivity contribution >= 4 is 23.5 Å². The normalized spacial score (nSPS) is 10.4. The first kappa shape index (κ1) is 11.1. The Bertz CT molecular complexity index is 589. The van der Waals surface area contributed by atoms with Crippen molar-refractivity contribution in [3.05, 3.63) is 29.8 Å². The summed E-state index contributed by atoms with van der Waals surface area (Å²) in [6.07, 6.45) is 2.53. The summed E-state index contributed by atoms with van der Waals surface area (Å²) < 4.78 is 6.25. The third-order valence-electron chi connectivity index (χ3n) is 2.41. The highest BCUT2D eigenvalue weighted by Gasteiger charge is 2.19. The van der Waals surface area contributed by atoms with Gasteiger partial charge in [-0.15, -0.1) is 0 Å². The Labute approximate surface area is 97.0 Å². The van der Waals surface area contributed by atoms with Gasteiger partial charge in [0.1, 0.15) is 17.6 Å². The lowest BCUT2D eigenvalue weighted by atomic mass is 10.3. The fourth-order valence-electron chi connectivity index (χ4n) is 1.68. The van der Waals surface area contributed by atoms with Crippen molar-refractivity contribution in [3.63, 3.8) is 0 Å². The van der Waals surface area contributed by atoms with Crippen molar-refractivity contribution in [1.82, 2.24) is 9.38 Å². The van der Waals surface area contributed by atoms with Crippen molar-refractivity contribution in [2.24, 2.45) is 0 Å². The summed E-state index contributed by atoms with van der Waals surface area (Å²) in [6.45, 7) is 0. The van der Waals surface area contributed by atoms with E-state index in [4.69, 9.17) is 5.73 Å². The van der Waals surface area contributed by atoms with Crippen LogP contribution < -0.4 is 5.73 Å². The van der Waals surface area contributed by atoms with Crippen LogP contribution >= 0.6 is 0 Å². The molecule has 0 aromatic carbocycles. The molecule has 2 N–H and O–H groups in total. The number of hydrogen-bond donors (Lipinski definition) is 1. The van der Waals surface area contributed by atoms with Crippen LogP contribution in [-0.2, 0) is 16.0 Å². The quantitative estimate of drug-likeness (QED) is 0.614. The number of ether oxygens (including phenoxy) is 1. The fourth-order valence-corrected chi connectivity index (χ4v) is 1.68. The van der Waals surface area contributed by atoms with Gasteiger partial charge < -0.3 is 19.7 Å². The van der Waals surface area contributed by atoms with Gasteiger partial charge in [-0.05, 0) is 12.1 Å². The summed E-state index contributed by atoms with van der Waals surface area (Å²) in [5.41, 5.74) is 6.81. The number of nitrogens with zero attached hydrogens (tertiary/aromatic N) is 2. The molecule has 2 heterocycles. The number of nitrogens with two attached hydrogens (primary N) is 1. The van der Waals surface area contributed by atoms with Gasteiger partial charge in [-0.2, -0.15) is 0 Å². The molecule has 2 rings (SSSR count). The predicted octanol–water partition coefficient (Wildman–Crippen LogP) is 0.445. The maximum Gasteiger partial charge on any atom is 0.359 e. The molecule has 0 unspecified atom stereocenters. The Hall–Kier alpha value is -2.37. The van der Waals surface area contributed by atoms with Crippen LogP contribution in [0, 0.1) is 0 Å². The number of aromatic nitrogens is 2. The molecule has 0 saturated carbocycles. The molecule has 0 spiro atoms. The van der Waals surface area contributed by atoms with E-state index in [-0.39, 0.29) is 12.1 Å². The topological polar surface area (TPSA) is 86.7 Å². The SMILES string of the molecule is COC(=O)c1nc(CC=O)n2cccc(N)c12. The lowest BCUT2D eigenvalue weighted by molar-refractivity contribution is -0.107. The summed E-state index contributed by atoms with van der Waals surface area (Å²) in [6, 6.07) is 3.38. The van der Waals surface area contributed by atoms with Crippen LogP contribution in [0.25, 0.3) is 5.52 Å². The van der Waals surface area contributed by atoms with E-state index in [1.807, 2.05) is 0 Å². The van der Waals surface area contributed by atoms with E-state index in [1.165, 1.54) is 7.11 Å². The minimum atomic E-state index is -0.572. The molecule has 2 aromatic rings. The van der Waals surface area contributed by atoms with Crippen LogP contribution in [0.15, 0.2) is 18.3 Å². The summed E-state index contributed by atoms with van der Waals surface area (Å²) >= 11 is 0. The Morgan fingerprint density at radius 2 is 2.41 bits per heavy atom.